The van der Waals surface area contributed by atoms with Crippen LogP contribution in [0.15, 0.2) is 34.7 Å². The molecule has 0 saturated heterocycles. The van der Waals surface area contributed by atoms with Crippen molar-refractivity contribution in [3.05, 3.63) is 34.8 Å². The Bertz CT molecular complexity index is 292. The van der Waals surface area contributed by atoms with Gasteiger partial charge in [-0.3, -0.25) is 0 Å². The van der Waals surface area contributed by atoms with E-state index in [1.54, 1.807) is 11.8 Å². The Balaban J connectivity index is 2.75. The zero-order valence-electron chi connectivity index (χ0n) is 6.84. The van der Waals surface area contributed by atoms with Crippen LogP contribution in [0, 0.1) is 0 Å². The lowest BCUT2D eigenvalue weighted by atomic mass is 10.3. The standard InChI is InChI=1S/C9H9Cl2NS/c10-5-2-6-13-9-7(11)3-1-4-8(9)12/h1-5H,6,12H2/b5-2+. The van der Waals surface area contributed by atoms with Gasteiger partial charge in [0.15, 0.2) is 0 Å². The van der Waals surface area contributed by atoms with E-state index in [-0.39, 0.29) is 0 Å². The number of benzene rings is 1. The summed E-state index contributed by atoms with van der Waals surface area (Å²) in [5.74, 6) is 0.775. The molecule has 0 atom stereocenters. The molecule has 0 aliphatic rings. The molecule has 2 N–H and O–H groups in total. The summed E-state index contributed by atoms with van der Waals surface area (Å²) in [6.07, 6.45) is 1.84. The zero-order chi connectivity index (χ0) is 9.68. The lowest BCUT2D eigenvalue weighted by Crippen LogP contribution is -1.88. The number of hydrogen-bond donors (Lipinski definition) is 1. The third-order valence-corrected chi connectivity index (χ3v) is 3.12. The Morgan fingerprint density at radius 2 is 2.23 bits per heavy atom. The van der Waals surface area contributed by atoms with Crippen molar-refractivity contribution in [2.75, 3.05) is 11.5 Å². The highest BCUT2D eigenvalue weighted by atomic mass is 35.5. The van der Waals surface area contributed by atoms with Crippen molar-refractivity contribution in [3.63, 3.8) is 0 Å². The summed E-state index contributed by atoms with van der Waals surface area (Å²) >= 11 is 12.9. The highest BCUT2D eigenvalue weighted by Gasteiger charge is 2.02. The molecule has 0 aliphatic heterocycles. The maximum Gasteiger partial charge on any atom is 0.0562 e. The molecule has 0 spiro atoms. The summed E-state index contributed by atoms with van der Waals surface area (Å²) in [6.45, 7) is 0. The van der Waals surface area contributed by atoms with Gasteiger partial charge in [-0.25, -0.2) is 0 Å². The van der Waals surface area contributed by atoms with E-state index in [1.165, 1.54) is 5.54 Å². The van der Waals surface area contributed by atoms with Gasteiger partial charge in [0.1, 0.15) is 0 Å². The number of hydrogen-bond acceptors (Lipinski definition) is 2. The Labute approximate surface area is 91.9 Å². The molecule has 1 rings (SSSR count). The third kappa shape index (κ3) is 3.14. The summed E-state index contributed by atoms with van der Waals surface area (Å²) in [5.41, 5.74) is 7.94. The molecule has 0 heterocycles. The van der Waals surface area contributed by atoms with E-state index in [0.717, 1.165) is 10.6 Å². The Morgan fingerprint density at radius 1 is 1.46 bits per heavy atom. The van der Waals surface area contributed by atoms with Gasteiger partial charge in [-0.15, -0.1) is 11.8 Å². The summed E-state index contributed by atoms with van der Waals surface area (Å²) in [7, 11) is 0. The zero-order valence-corrected chi connectivity index (χ0v) is 9.16. The number of thioether (sulfide) groups is 1. The van der Waals surface area contributed by atoms with Crippen LogP contribution in [-0.4, -0.2) is 5.75 Å². The average Bonchev–Trinajstić information content (AvgIpc) is 2.10. The van der Waals surface area contributed by atoms with Crippen molar-refractivity contribution < 1.29 is 0 Å². The highest BCUT2D eigenvalue weighted by Crippen LogP contribution is 2.32. The SMILES string of the molecule is Nc1cccc(Cl)c1SC/C=C/Cl. The first-order valence-electron chi connectivity index (χ1n) is 3.67. The van der Waals surface area contributed by atoms with E-state index < -0.39 is 0 Å². The average molecular weight is 234 g/mol. The van der Waals surface area contributed by atoms with Gasteiger partial charge in [-0.2, -0.15) is 0 Å². The number of nitrogen functional groups attached to an aromatic ring is 1. The van der Waals surface area contributed by atoms with Crippen molar-refractivity contribution in [3.8, 4) is 0 Å². The van der Waals surface area contributed by atoms with Gasteiger partial charge in [0.25, 0.3) is 0 Å². The van der Waals surface area contributed by atoms with Gasteiger partial charge < -0.3 is 5.73 Å². The monoisotopic (exact) mass is 233 g/mol. The number of nitrogens with two attached hydrogens (primary N) is 1. The predicted octanol–water partition coefficient (Wildman–Crippen LogP) is 3.77. The first-order valence-corrected chi connectivity index (χ1v) is 5.47. The maximum absolute atomic E-state index is 5.95. The predicted molar refractivity (Wildman–Crippen MR) is 61.6 cm³/mol. The van der Waals surface area contributed by atoms with Crippen LogP contribution in [0.2, 0.25) is 5.02 Å². The van der Waals surface area contributed by atoms with Crippen molar-refractivity contribution >= 4 is 40.7 Å². The highest BCUT2D eigenvalue weighted by molar-refractivity contribution is 7.99. The van der Waals surface area contributed by atoms with Gasteiger partial charge in [-0.1, -0.05) is 35.3 Å². The molecule has 0 aliphatic carbocycles. The fraction of sp³-hybridized carbons (Fsp3) is 0.111. The molecule has 4 heteroatoms. The summed E-state index contributed by atoms with van der Waals surface area (Å²) in [5, 5.41) is 0.688. The van der Waals surface area contributed by atoms with Gasteiger partial charge in [0.2, 0.25) is 0 Å². The molecule has 0 bridgehead atoms. The van der Waals surface area contributed by atoms with Crippen LogP contribution < -0.4 is 5.73 Å². The summed E-state index contributed by atoms with van der Waals surface area (Å²) in [4.78, 5) is 0.916. The van der Waals surface area contributed by atoms with Crippen LogP contribution in [0.1, 0.15) is 0 Å². The van der Waals surface area contributed by atoms with Crippen LogP contribution >= 0.6 is 35.0 Å². The maximum atomic E-state index is 5.95. The van der Waals surface area contributed by atoms with Crippen LogP contribution in [0.3, 0.4) is 0 Å². The lowest BCUT2D eigenvalue weighted by Gasteiger charge is -2.04. The molecule has 0 saturated carbocycles. The third-order valence-electron chi connectivity index (χ3n) is 1.41. The minimum Gasteiger partial charge on any atom is -0.398 e. The quantitative estimate of drug-likeness (QED) is 0.636. The smallest absolute Gasteiger partial charge is 0.0562 e. The fourth-order valence-corrected chi connectivity index (χ4v) is 2.19. The second kappa shape index (κ2) is 5.43. The molecule has 0 radical (unpaired) electrons. The van der Waals surface area contributed by atoms with Crippen LogP contribution in [0.25, 0.3) is 0 Å². The number of rotatable bonds is 3. The lowest BCUT2D eigenvalue weighted by molar-refractivity contribution is 1.46. The largest absolute Gasteiger partial charge is 0.398 e. The van der Waals surface area contributed by atoms with Crippen molar-refractivity contribution in [1.29, 1.82) is 0 Å². The minimum atomic E-state index is 0.688. The topological polar surface area (TPSA) is 26.0 Å². The van der Waals surface area contributed by atoms with Crippen LogP contribution in [0.5, 0.6) is 0 Å². The second-order valence-corrected chi connectivity index (χ2v) is 4.02. The van der Waals surface area contributed by atoms with Gasteiger partial charge >= 0.3 is 0 Å². The molecule has 1 nitrogen and oxygen atoms in total. The van der Waals surface area contributed by atoms with Crippen molar-refractivity contribution in [2.24, 2.45) is 0 Å². The minimum absolute atomic E-state index is 0.688. The summed E-state index contributed by atoms with van der Waals surface area (Å²) < 4.78 is 0. The molecule has 0 unspecified atom stereocenters. The molecular formula is C9H9Cl2NS. The Kier molecular flexibility index (Phi) is 4.50. The molecule has 1 aromatic carbocycles. The van der Waals surface area contributed by atoms with Gasteiger partial charge in [-0.05, 0) is 12.1 Å². The fourth-order valence-electron chi connectivity index (χ4n) is 0.846. The van der Waals surface area contributed by atoms with Crippen LogP contribution in [-0.2, 0) is 0 Å². The summed E-state index contributed by atoms with van der Waals surface area (Å²) in [6, 6.07) is 5.49. The van der Waals surface area contributed by atoms with E-state index in [9.17, 15) is 0 Å². The Hall–Kier alpha value is -0.310. The van der Waals surface area contributed by atoms with E-state index in [1.807, 2.05) is 24.3 Å². The molecule has 0 fully saturated rings. The molecular weight excluding hydrogens is 225 g/mol. The van der Waals surface area contributed by atoms with Gasteiger partial charge in [0, 0.05) is 21.9 Å². The Morgan fingerprint density at radius 3 is 2.85 bits per heavy atom. The van der Waals surface area contributed by atoms with E-state index >= 15 is 0 Å². The van der Waals surface area contributed by atoms with E-state index in [0.29, 0.717) is 10.7 Å². The van der Waals surface area contributed by atoms with Crippen LogP contribution in [0.4, 0.5) is 5.69 Å². The number of halogens is 2. The van der Waals surface area contributed by atoms with E-state index in [4.69, 9.17) is 28.9 Å². The van der Waals surface area contributed by atoms with E-state index in [2.05, 4.69) is 0 Å². The molecule has 70 valence electrons. The van der Waals surface area contributed by atoms with Gasteiger partial charge in [0.05, 0.1) is 5.02 Å². The van der Waals surface area contributed by atoms with Crippen molar-refractivity contribution in [2.45, 2.75) is 4.90 Å². The normalized spacial score (nSPS) is 10.9. The first kappa shape index (κ1) is 10.8. The molecule has 0 amide bonds. The number of anilines is 1. The molecule has 0 aromatic heterocycles. The van der Waals surface area contributed by atoms with Crippen molar-refractivity contribution in [1.82, 2.24) is 0 Å². The second-order valence-electron chi connectivity index (χ2n) is 2.33. The molecule has 13 heavy (non-hydrogen) atoms. The molecule has 1 aromatic rings. The first-order chi connectivity index (χ1) is 6.25.